The molecule has 1 aromatic heterocycles. The molecule has 0 aliphatic rings. The highest BCUT2D eigenvalue weighted by Gasteiger charge is 2.13. The lowest BCUT2D eigenvalue weighted by Crippen LogP contribution is -2.09. The molecule has 0 atom stereocenters. The molecule has 0 unspecified atom stereocenters. The summed E-state index contributed by atoms with van der Waals surface area (Å²) in [5.74, 6) is -0.911. The number of nitrogens with two attached hydrogens (primary N) is 1. The van der Waals surface area contributed by atoms with Crippen molar-refractivity contribution in [1.29, 1.82) is 0 Å². The number of esters is 1. The molecule has 1 aromatic carbocycles. The van der Waals surface area contributed by atoms with E-state index in [1.807, 2.05) is 0 Å². The number of aryl methyl sites for hydroxylation is 1. The number of hydrogen-bond donors (Lipinski definition) is 1. The number of benzene rings is 1. The molecule has 0 amide bonds. The molecule has 0 spiro atoms. The summed E-state index contributed by atoms with van der Waals surface area (Å²) in [6, 6.07) is 3.45. The Kier molecular flexibility index (Phi) is 3.18. The van der Waals surface area contributed by atoms with E-state index < -0.39 is 11.8 Å². The van der Waals surface area contributed by atoms with Gasteiger partial charge in [-0.15, -0.1) is 10.2 Å². The molecule has 0 fully saturated rings. The van der Waals surface area contributed by atoms with E-state index in [2.05, 4.69) is 15.4 Å². The van der Waals surface area contributed by atoms with E-state index in [1.54, 1.807) is 7.05 Å². The van der Waals surface area contributed by atoms with Crippen molar-refractivity contribution in [3.8, 4) is 0 Å². The van der Waals surface area contributed by atoms with Crippen LogP contribution in [-0.2, 0) is 18.4 Å². The first-order valence-electron chi connectivity index (χ1n) is 5.01. The molecule has 1 heterocycles. The number of carbonyl (C=O) groups excluding carboxylic acids is 1. The Balaban J connectivity index is 2.03. The van der Waals surface area contributed by atoms with Crippen LogP contribution in [0.25, 0.3) is 0 Å². The number of carbonyl (C=O) groups is 1. The van der Waals surface area contributed by atoms with Crippen LogP contribution in [0.4, 0.5) is 10.1 Å². The van der Waals surface area contributed by atoms with Crippen LogP contribution in [-0.4, -0.2) is 26.2 Å². The summed E-state index contributed by atoms with van der Waals surface area (Å²) >= 11 is 0. The first kappa shape index (κ1) is 12.0. The third-order valence-electron chi connectivity index (χ3n) is 2.12. The van der Waals surface area contributed by atoms with Crippen molar-refractivity contribution in [2.45, 2.75) is 6.61 Å². The third-order valence-corrected chi connectivity index (χ3v) is 2.12. The van der Waals surface area contributed by atoms with Crippen molar-refractivity contribution in [1.82, 2.24) is 20.2 Å². The Labute approximate surface area is 101 Å². The van der Waals surface area contributed by atoms with E-state index >= 15 is 0 Å². The van der Waals surface area contributed by atoms with Crippen LogP contribution in [0.5, 0.6) is 0 Å². The third kappa shape index (κ3) is 2.59. The largest absolute Gasteiger partial charge is 0.454 e. The highest BCUT2D eigenvalue weighted by atomic mass is 19.1. The van der Waals surface area contributed by atoms with Crippen LogP contribution in [0.15, 0.2) is 18.2 Å². The molecule has 2 rings (SSSR count). The lowest BCUT2D eigenvalue weighted by Gasteiger charge is -2.04. The monoisotopic (exact) mass is 251 g/mol. The molecule has 0 radical (unpaired) electrons. The SMILES string of the molecule is Cn1nnc(COC(=O)c2ccc(F)cc2N)n1. The highest BCUT2D eigenvalue weighted by molar-refractivity contribution is 5.94. The Morgan fingerprint density at radius 1 is 1.56 bits per heavy atom. The second-order valence-corrected chi connectivity index (χ2v) is 3.50. The van der Waals surface area contributed by atoms with Gasteiger partial charge in [-0.05, 0) is 23.4 Å². The van der Waals surface area contributed by atoms with Crippen LogP contribution in [0, 0.1) is 5.82 Å². The molecule has 7 nitrogen and oxygen atoms in total. The maximum atomic E-state index is 12.8. The number of nitrogen functional groups attached to an aromatic ring is 1. The van der Waals surface area contributed by atoms with Crippen molar-refractivity contribution >= 4 is 11.7 Å². The van der Waals surface area contributed by atoms with Crippen LogP contribution >= 0.6 is 0 Å². The standard InChI is InChI=1S/C10H10FN5O2/c1-16-14-9(13-15-16)5-18-10(17)7-3-2-6(11)4-8(7)12/h2-4H,5,12H2,1H3. The van der Waals surface area contributed by atoms with Crippen molar-refractivity contribution < 1.29 is 13.9 Å². The summed E-state index contributed by atoms with van der Waals surface area (Å²) in [7, 11) is 1.59. The van der Waals surface area contributed by atoms with E-state index in [0.717, 1.165) is 12.1 Å². The summed E-state index contributed by atoms with van der Waals surface area (Å²) in [6.07, 6.45) is 0. The van der Waals surface area contributed by atoms with Gasteiger partial charge in [-0.2, -0.15) is 4.80 Å². The van der Waals surface area contributed by atoms with E-state index in [0.29, 0.717) is 0 Å². The van der Waals surface area contributed by atoms with Gasteiger partial charge in [0.1, 0.15) is 5.82 Å². The fraction of sp³-hybridized carbons (Fsp3) is 0.200. The molecule has 2 aromatic rings. The number of ether oxygens (including phenoxy) is 1. The van der Waals surface area contributed by atoms with Crippen LogP contribution < -0.4 is 5.73 Å². The van der Waals surface area contributed by atoms with Crippen LogP contribution in [0.1, 0.15) is 16.2 Å². The quantitative estimate of drug-likeness (QED) is 0.622. The van der Waals surface area contributed by atoms with Gasteiger partial charge in [0.2, 0.25) is 5.82 Å². The molecule has 0 aliphatic carbocycles. The van der Waals surface area contributed by atoms with E-state index in [4.69, 9.17) is 10.5 Å². The van der Waals surface area contributed by atoms with E-state index in [-0.39, 0.29) is 23.7 Å². The first-order chi connectivity index (χ1) is 8.56. The smallest absolute Gasteiger partial charge is 0.340 e. The number of hydrogen-bond acceptors (Lipinski definition) is 6. The summed E-state index contributed by atoms with van der Waals surface area (Å²) < 4.78 is 17.7. The van der Waals surface area contributed by atoms with Gasteiger partial charge in [-0.3, -0.25) is 0 Å². The highest BCUT2D eigenvalue weighted by Crippen LogP contribution is 2.14. The number of tetrazole rings is 1. The van der Waals surface area contributed by atoms with Gasteiger partial charge in [0, 0.05) is 5.69 Å². The van der Waals surface area contributed by atoms with Gasteiger partial charge in [-0.1, -0.05) is 0 Å². The Morgan fingerprint density at radius 2 is 2.33 bits per heavy atom. The molecule has 0 saturated heterocycles. The number of anilines is 1. The maximum absolute atomic E-state index is 12.8. The van der Waals surface area contributed by atoms with Crippen molar-refractivity contribution in [2.24, 2.45) is 7.05 Å². The van der Waals surface area contributed by atoms with Gasteiger partial charge in [-0.25, -0.2) is 9.18 Å². The molecule has 0 saturated carbocycles. The van der Waals surface area contributed by atoms with E-state index in [9.17, 15) is 9.18 Å². The Bertz CT molecular complexity index is 583. The number of rotatable bonds is 3. The molecule has 2 N–H and O–H groups in total. The zero-order chi connectivity index (χ0) is 13.1. The molecule has 94 valence electrons. The average Bonchev–Trinajstić information content (AvgIpc) is 2.72. The zero-order valence-electron chi connectivity index (χ0n) is 9.50. The van der Waals surface area contributed by atoms with Gasteiger partial charge < -0.3 is 10.5 Å². The van der Waals surface area contributed by atoms with Crippen LogP contribution in [0.2, 0.25) is 0 Å². The Morgan fingerprint density at radius 3 is 2.94 bits per heavy atom. The minimum Gasteiger partial charge on any atom is -0.454 e. The lowest BCUT2D eigenvalue weighted by molar-refractivity contribution is 0.0463. The normalized spacial score (nSPS) is 10.3. The molecule has 18 heavy (non-hydrogen) atoms. The van der Waals surface area contributed by atoms with Crippen LogP contribution in [0.3, 0.4) is 0 Å². The van der Waals surface area contributed by atoms with Gasteiger partial charge in [0.25, 0.3) is 0 Å². The molecular weight excluding hydrogens is 241 g/mol. The van der Waals surface area contributed by atoms with Gasteiger partial charge >= 0.3 is 5.97 Å². The fourth-order valence-corrected chi connectivity index (χ4v) is 1.31. The molecule has 8 heteroatoms. The van der Waals surface area contributed by atoms with Crippen molar-refractivity contribution in [3.63, 3.8) is 0 Å². The van der Waals surface area contributed by atoms with Gasteiger partial charge in [0.05, 0.1) is 12.6 Å². The predicted octanol–water partition coefficient (Wildman–Crippen LogP) is 0.288. The second-order valence-electron chi connectivity index (χ2n) is 3.50. The first-order valence-corrected chi connectivity index (χ1v) is 5.01. The summed E-state index contributed by atoms with van der Waals surface area (Å²) in [4.78, 5) is 12.9. The topological polar surface area (TPSA) is 95.9 Å². The lowest BCUT2D eigenvalue weighted by atomic mass is 10.2. The summed E-state index contributed by atoms with van der Waals surface area (Å²) in [5, 5.41) is 11.1. The average molecular weight is 251 g/mol. The number of aromatic nitrogens is 4. The maximum Gasteiger partial charge on any atom is 0.340 e. The van der Waals surface area contributed by atoms with Crippen molar-refractivity contribution in [3.05, 3.63) is 35.4 Å². The van der Waals surface area contributed by atoms with E-state index in [1.165, 1.54) is 10.9 Å². The molecule has 0 bridgehead atoms. The molecular formula is C10H10FN5O2. The Hall–Kier alpha value is -2.51. The fourth-order valence-electron chi connectivity index (χ4n) is 1.31. The summed E-state index contributed by atoms with van der Waals surface area (Å²) in [5.41, 5.74) is 5.62. The number of nitrogens with zero attached hydrogens (tertiary/aromatic N) is 4. The minimum atomic E-state index is -0.667. The molecule has 0 aliphatic heterocycles. The minimum absolute atomic E-state index is 0.0205. The summed E-state index contributed by atoms with van der Waals surface area (Å²) in [6.45, 7) is -0.122. The predicted molar refractivity (Wildman–Crippen MR) is 58.7 cm³/mol. The number of halogens is 1. The second kappa shape index (κ2) is 4.78. The van der Waals surface area contributed by atoms with Gasteiger partial charge in [0.15, 0.2) is 6.61 Å². The zero-order valence-corrected chi connectivity index (χ0v) is 9.50. The van der Waals surface area contributed by atoms with Crippen molar-refractivity contribution in [2.75, 3.05) is 5.73 Å².